The fraction of sp³-hybridized carbons (Fsp3) is 0.320. The number of benzene rings is 2. The van der Waals surface area contributed by atoms with E-state index in [4.69, 9.17) is 10.1 Å². The molecule has 1 aliphatic heterocycles. The molecule has 164 valence electrons. The number of anilines is 2. The minimum absolute atomic E-state index is 0.0300. The van der Waals surface area contributed by atoms with Crippen molar-refractivity contribution in [3.05, 3.63) is 65.4 Å². The van der Waals surface area contributed by atoms with Gasteiger partial charge in [0.25, 0.3) is 0 Å². The Bertz CT molecular complexity index is 1210. The van der Waals surface area contributed by atoms with Gasteiger partial charge in [-0.2, -0.15) is 0 Å². The smallest absolute Gasteiger partial charge is 0.227 e. The number of imidazole rings is 1. The number of fused-ring (bicyclic) bond motifs is 1. The molecule has 0 spiro atoms. The van der Waals surface area contributed by atoms with Gasteiger partial charge in [0, 0.05) is 30.3 Å². The van der Waals surface area contributed by atoms with Gasteiger partial charge >= 0.3 is 0 Å². The Labute approximate surface area is 191 Å². The van der Waals surface area contributed by atoms with Crippen molar-refractivity contribution in [1.29, 1.82) is 0 Å². The molecule has 0 radical (unpaired) electrons. The Morgan fingerprint density at radius 1 is 1.03 bits per heavy atom. The average molecular weight is 446 g/mol. The predicted octanol–water partition coefficient (Wildman–Crippen LogP) is 5.24. The van der Waals surface area contributed by atoms with Crippen molar-refractivity contribution < 1.29 is 4.79 Å². The summed E-state index contributed by atoms with van der Waals surface area (Å²) < 4.78 is 1.87. The van der Waals surface area contributed by atoms with Gasteiger partial charge in [0.05, 0.1) is 11.9 Å². The normalized spacial score (nSPS) is 14.8. The van der Waals surface area contributed by atoms with E-state index in [0.717, 1.165) is 64.1 Å². The second-order valence-corrected chi connectivity index (χ2v) is 9.56. The molecule has 3 heterocycles. The molecule has 0 saturated carbocycles. The van der Waals surface area contributed by atoms with Gasteiger partial charge in [-0.05, 0) is 44.7 Å². The van der Waals surface area contributed by atoms with E-state index in [1.165, 1.54) is 5.56 Å². The van der Waals surface area contributed by atoms with Crippen LogP contribution in [-0.2, 0) is 4.79 Å². The molecule has 6 nitrogen and oxygen atoms in total. The molecule has 1 N–H and O–H groups in total. The lowest BCUT2D eigenvalue weighted by Gasteiger charge is -2.31. The van der Waals surface area contributed by atoms with Crippen LogP contribution in [0.25, 0.3) is 16.2 Å². The van der Waals surface area contributed by atoms with E-state index in [9.17, 15) is 4.79 Å². The average Bonchev–Trinajstić information content (AvgIpc) is 3.36. The highest BCUT2D eigenvalue weighted by Crippen LogP contribution is 2.30. The molecule has 4 aromatic rings. The molecule has 7 heteroatoms. The van der Waals surface area contributed by atoms with E-state index < -0.39 is 0 Å². The number of rotatable bonds is 4. The summed E-state index contributed by atoms with van der Waals surface area (Å²) in [6.07, 6.45) is 3.64. The largest absolute Gasteiger partial charge is 0.347 e. The highest BCUT2D eigenvalue weighted by atomic mass is 32.1. The Kier molecular flexibility index (Phi) is 5.43. The topological polar surface area (TPSA) is 62.5 Å². The number of nitrogens with one attached hydrogen (secondary N) is 1. The van der Waals surface area contributed by atoms with Gasteiger partial charge in [0.1, 0.15) is 0 Å². The first kappa shape index (κ1) is 20.7. The van der Waals surface area contributed by atoms with Gasteiger partial charge < -0.3 is 10.2 Å². The Hall–Kier alpha value is -3.19. The van der Waals surface area contributed by atoms with Crippen LogP contribution in [0.2, 0.25) is 0 Å². The maximum absolute atomic E-state index is 12.9. The first-order chi connectivity index (χ1) is 15.5. The summed E-state index contributed by atoms with van der Waals surface area (Å²) in [6, 6.07) is 14.5. The van der Waals surface area contributed by atoms with Crippen LogP contribution in [0.15, 0.2) is 48.7 Å². The zero-order chi connectivity index (χ0) is 22.2. The molecule has 5 rings (SSSR count). The number of carbonyl (C=O) groups is 1. The quantitative estimate of drug-likeness (QED) is 0.467. The summed E-state index contributed by atoms with van der Waals surface area (Å²) in [4.78, 5) is 20.8. The second kappa shape index (κ2) is 8.39. The van der Waals surface area contributed by atoms with Gasteiger partial charge in [-0.3, -0.25) is 4.79 Å². The first-order valence-corrected chi connectivity index (χ1v) is 11.8. The van der Waals surface area contributed by atoms with E-state index in [0.29, 0.717) is 0 Å². The molecule has 2 aromatic heterocycles. The number of nitrogens with zero attached hydrogens (tertiary/aromatic N) is 4. The Balaban J connectivity index is 1.23. The number of hydrogen-bond donors (Lipinski definition) is 1. The lowest BCUT2D eigenvalue weighted by Crippen LogP contribution is -2.38. The van der Waals surface area contributed by atoms with E-state index in [-0.39, 0.29) is 11.8 Å². The number of hydrogen-bond acceptors (Lipinski definition) is 5. The zero-order valence-corrected chi connectivity index (χ0v) is 19.4. The maximum atomic E-state index is 12.9. The van der Waals surface area contributed by atoms with Crippen LogP contribution in [0.5, 0.6) is 0 Å². The summed E-state index contributed by atoms with van der Waals surface area (Å²) >= 11 is 1.60. The predicted molar refractivity (Wildman–Crippen MR) is 131 cm³/mol. The van der Waals surface area contributed by atoms with Crippen LogP contribution < -0.4 is 10.2 Å². The van der Waals surface area contributed by atoms with E-state index in [1.807, 2.05) is 42.8 Å². The van der Waals surface area contributed by atoms with Crippen LogP contribution in [0.3, 0.4) is 0 Å². The van der Waals surface area contributed by atoms with Gasteiger partial charge in [-0.25, -0.2) is 9.50 Å². The molecule has 1 aliphatic rings. The molecule has 0 atom stereocenters. The van der Waals surface area contributed by atoms with Gasteiger partial charge in [0.2, 0.25) is 16.0 Å². The molecular weight excluding hydrogens is 418 g/mol. The first-order valence-electron chi connectivity index (χ1n) is 11.0. The van der Waals surface area contributed by atoms with Crippen molar-refractivity contribution in [2.24, 2.45) is 5.92 Å². The standard InChI is InChI=1S/C25H27N5OS/c1-16-7-9-19(10-8-16)21-15-30-24(26-21)32-25(28-30)29-13-11-20(12-14-29)23(31)27-22-17(2)5-4-6-18(22)3/h4-10,15,20H,11-14H2,1-3H3,(H,27,31). The SMILES string of the molecule is Cc1ccc(-c2cn3nc(N4CCC(C(=O)Nc5c(C)cccc5C)CC4)sc3n2)cc1. The Morgan fingerprint density at radius 3 is 2.38 bits per heavy atom. The highest BCUT2D eigenvalue weighted by Gasteiger charge is 2.27. The van der Waals surface area contributed by atoms with Crippen molar-refractivity contribution in [3.63, 3.8) is 0 Å². The lowest BCUT2D eigenvalue weighted by atomic mass is 9.95. The molecule has 0 aliphatic carbocycles. The summed E-state index contributed by atoms with van der Waals surface area (Å²) in [5.41, 5.74) is 6.44. The minimum atomic E-state index is 0.0300. The lowest BCUT2D eigenvalue weighted by molar-refractivity contribution is -0.120. The fourth-order valence-electron chi connectivity index (χ4n) is 4.25. The van der Waals surface area contributed by atoms with Crippen molar-refractivity contribution in [3.8, 4) is 11.3 Å². The van der Waals surface area contributed by atoms with Crippen LogP contribution in [-0.4, -0.2) is 33.6 Å². The third-order valence-electron chi connectivity index (χ3n) is 6.25. The third kappa shape index (κ3) is 4.00. The fourth-order valence-corrected chi connectivity index (χ4v) is 5.19. The van der Waals surface area contributed by atoms with Crippen molar-refractivity contribution in [2.75, 3.05) is 23.3 Å². The number of amides is 1. The van der Waals surface area contributed by atoms with Crippen LogP contribution in [0.4, 0.5) is 10.8 Å². The monoisotopic (exact) mass is 445 g/mol. The molecular formula is C25H27N5OS. The maximum Gasteiger partial charge on any atom is 0.227 e. The van der Waals surface area contributed by atoms with Gasteiger partial charge in [-0.15, -0.1) is 5.10 Å². The highest BCUT2D eigenvalue weighted by molar-refractivity contribution is 7.20. The van der Waals surface area contributed by atoms with Gasteiger partial charge in [-0.1, -0.05) is 59.4 Å². The summed E-state index contributed by atoms with van der Waals surface area (Å²) in [5, 5.41) is 8.89. The van der Waals surface area contributed by atoms with Crippen LogP contribution in [0.1, 0.15) is 29.5 Å². The summed E-state index contributed by atoms with van der Waals surface area (Å²) in [5.74, 6) is 0.154. The van der Waals surface area contributed by atoms with E-state index in [1.54, 1.807) is 11.3 Å². The number of piperidine rings is 1. The molecule has 1 saturated heterocycles. The van der Waals surface area contributed by atoms with Crippen molar-refractivity contribution in [2.45, 2.75) is 33.6 Å². The number of aryl methyl sites for hydroxylation is 3. The number of para-hydroxylation sites is 1. The zero-order valence-electron chi connectivity index (χ0n) is 18.6. The van der Waals surface area contributed by atoms with Crippen LogP contribution >= 0.6 is 11.3 Å². The number of aromatic nitrogens is 3. The summed E-state index contributed by atoms with van der Waals surface area (Å²) in [6.45, 7) is 7.81. The molecule has 1 amide bonds. The molecule has 32 heavy (non-hydrogen) atoms. The number of carbonyl (C=O) groups excluding carboxylic acids is 1. The molecule has 0 unspecified atom stereocenters. The van der Waals surface area contributed by atoms with Crippen LogP contribution in [0, 0.1) is 26.7 Å². The molecule has 0 bridgehead atoms. The van der Waals surface area contributed by atoms with E-state index >= 15 is 0 Å². The van der Waals surface area contributed by atoms with Crippen molar-refractivity contribution >= 4 is 33.0 Å². The third-order valence-corrected chi connectivity index (χ3v) is 7.23. The second-order valence-electron chi connectivity index (χ2n) is 8.62. The Morgan fingerprint density at radius 2 is 1.72 bits per heavy atom. The summed E-state index contributed by atoms with van der Waals surface area (Å²) in [7, 11) is 0. The molecule has 2 aromatic carbocycles. The van der Waals surface area contributed by atoms with Crippen molar-refractivity contribution in [1.82, 2.24) is 14.6 Å². The van der Waals surface area contributed by atoms with Gasteiger partial charge in [0.15, 0.2) is 0 Å². The minimum Gasteiger partial charge on any atom is -0.347 e. The van der Waals surface area contributed by atoms with E-state index in [2.05, 4.69) is 41.4 Å². The molecule has 1 fully saturated rings.